The van der Waals surface area contributed by atoms with E-state index >= 15 is 0 Å². The first-order valence-electron chi connectivity index (χ1n) is 9.80. The van der Waals surface area contributed by atoms with Crippen molar-refractivity contribution in [1.82, 2.24) is 0 Å². The predicted molar refractivity (Wildman–Crippen MR) is 115 cm³/mol. The lowest BCUT2D eigenvalue weighted by molar-refractivity contribution is 0.306. The van der Waals surface area contributed by atoms with Gasteiger partial charge in [0.25, 0.3) is 0 Å². The lowest BCUT2D eigenvalue weighted by Gasteiger charge is -2.13. The van der Waals surface area contributed by atoms with E-state index in [0.29, 0.717) is 0 Å². The predicted octanol–water partition coefficient (Wildman–Crippen LogP) is 6.61. The summed E-state index contributed by atoms with van der Waals surface area (Å²) in [7, 11) is 3.36. The van der Waals surface area contributed by atoms with Crippen LogP contribution in [0.15, 0.2) is 66.7 Å². The Labute approximate surface area is 167 Å². The largest absolute Gasteiger partial charge is 0.497 e. The molecule has 0 aliphatic heterocycles. The smallest absolute Gasteiger partial charge is 0.120 e. The fraction of sp³-hybridized carbons (Fsp3) is 0.280. The summed E-state index contributed by atoms with van der Waals surface area (Å²) in [6.07, 6.45) is 3.44. The van der Waals surface area contributed by atoms with Crippen molar-refractivity contribution in [3.05, 3.63) is 66.7 Å². The van der Waals surface area contributed by atoms with Crippen molar-refractivity contribution < 1.29 is 14.2 Å². The van der Waals surface area contributed by atoms with Crippen molar-refractivity contribution in [1.29, 1.82) is 0 Å². The van der Waals surface area contributed by atoms with Gasteiger partial charge in [-0.15, -0.1) is 0 Å². The van der Waals surface area contributed by atoms with E-state index in [1.807, 2.05) is 24.3 Å². The molecule has 0 saturated heterocycles. The zero-order valence-corrected chi connectivity index (χ0v) is 16.9. The Morgan fingerprint density at radius 3 is 1.50 bits per heavy atom. The van der Waals surface area contributed by atoms with Gasteiger partial charge in [0.2, 0.25) is 0 Å². The Morgan fingerprint density at radius 2 is 1.07 bits per heavy atom. The van der Waals surface area contributed by atoms with Crippen molar-refractivity contribution in [2.24, 2.45) is 0 Å². The molecule has 0 saturated carbocycles. The van der Waals surface area contributed by atoms with Gasteiger partial charge < -0.3 is 14.2 Å². The molecule has 0 fully saturated rings. The summed E-state index contributed by atoms with van der Waals surface area (Å²) >= 11 is 0. The molecule has 0 aromatic heterocycles. The molecule has 3 nitrogen and oxygen atoms in total. The Morgan fingerprint density at radius 1 is 0.571 bits per heavy atom. The average Bonchev–Trinajstić information content (AvgIpc) is 2.76. The molecule has 0 N–H and O–H groups in total. The van der Waals surface area contributed by atoms with Crippen LogP contribution in [0, 0.1) is 0 Å². The summed E-state index contributed by atoms with van der Waals surface area (Å²) in [5.74, 6) is 2.60. The van der Waals surface area contributed by atoms with Gasteiger partial charge in [-0.05, 0) is 71.1 Å². The highest BCUT2D eigenvalue weighted by Gasteiger charge is 2.07. The molecule has 28 heavy (non-hydrogen) atoms. The number of hydrogen-bond donors (Lipinski definition) is 0. The minimum atomic E-state index is 0.738. The lowest BCUT2D eigenvalue weighted by atomic mass is 9.98. The van der Waals surface area contributed by atoms with E-state index in [0.717, 1.165) is 52.5 Å². The van der Waals surface area contributed by atoms with E-state index < -0.39 is 0 Å². The second kappa shape index (κ2) is 9.84. The molecule has 0 aliphatic rings. The second-order valence-electron chi connectivity index (χ2n) is 6.76. The molecule has 0 unspecified atom stereocenters. The highest BCUT2D eigenvalue weighted by atomic mass is 16.5. The van der Waals surface area contributed by atoms with Crippen LogP contribution in [0.25, 0.3) is 22.3 Å². The van der Waals surface area contributed by atoms with Crippen LogP contribution in [0.5, 0.6) is 17.2 Å². The molecular weight excluding hydrogens is 348 g/mol. The zero-order valence-electron chi connectivity index (χ0n) is 16.9. The molecule has 0 radical (unpaired) electrons. The number of hydrogen-bond acceptors (Lipinski definition) is 3. The van der Waals surface area contributed by atoms with E-state index in [1.54, 1.807) is 14.2 Å². The maximum absolute atomic E-state index is 6.07. The first-order valence-corrected chi connectivity index (χ1v) is 9.80. The number of unbranched alkanes of at least 4 members (excludes halogenated alkanes) is 2. The summed E-state index contributed by atoms with van der Waals surface area (Å²) in [6.45, 7) is 2.94. The molecule has 0 aliphatic carbocycles. The standard InChI is InChI=1S/C25H28O3/c1-4-5-6-15-28-25-17-21(19-7-11-23(26-2)12-8-19)16-22(18-25)20-9-13-24(27-3)14-10-20/h7-14,16-18H,4-6,15H2,1-3H3. The fourth-order valence-corrected chi connectivity index (χ4v) is 3.12. The molecule has 0 amide bonds. The third kappa shape index (κ3) is 5.07. The quantitative estimate of drug-likeness (QED) is 0.393. The topological polar surface area (TPSA) is 27.7 Å². The zero-order chi connectivity index (χ0) is 19.8. The number of ether oxygens (including phenoxy) is 3. The van der Waals surface area contributed by atoms with Crippen molar-refractivity contribution in [3.8, 4) is 39.5 Å². The van der Waals surface area contributed by atoms with Crippen LogP contribution < -0.4 is 14.2 Å². The van der Waals surface area contributed by atoms with E-state index in [9.17, 15) is 0 Å². The van der Waals surface area contributed by atoms with E-state index in [2.05, 4.69) is 49.4 Å². The average molecular weight is 376 g/mol. The summed E-state index contributed by atoms with van der Waals surface area (Å²) in [4.78, 5) is 0. The van der Waals surface area contributed by atoms with Crippen LogP contribution in [0.3, 0.4) is 0 Å². The molecule has 3 aromatic rings. The van der Waals surface area contributed by atoms with Gasteiger partial charge in [0.15, 0.2) is 0 Å². The molecule has 3 aromatic carbocycles. The molecule has 3 heteroatoms. The number of benzene rings is 3. The van der Waals surface area contributed by atoms with Crippen LogP contribution >= 0.6 is 0 Å². The molecular formula is C25H28O3. The minimum Gasteiger partial charge on any atom is -0.497 e. The third-order valence-corrected chi connectivity index (χ3v) is 4.77. The molecule has 0 spiro atoms. The van der Waals surface area contributed by atoms with Gasteiger partial charge in [-0.25, -0.2) is 0 Å². The van der Waals surface area contributed by atoms with Gasteiger partial charge in [0.1, 0.15) is 17.2 Å². The van der Waals surface area contributed by atoms with Gasteiger partial charge in [0.05, 0.1) is 20.8 Å². The summed E-state index contributed by atoms with van der Waals surface area (Å²) in [5.41, 5.74) is 4.52. The molecule has 146 valence electrons. The summed E-state index contributed by atoms with van der Waals surface area (Å²) in [6, 6.07) is 22.7. The van der Waals surface area contributed by atoms with Crippen molar-refractivity contribution >= 4 is 0 Å². The molecule has 0 bridgehead atoms. The van der Waals surface area contributed by atoms with E-state index in [4.69, 9.17) is 14.2 Å². The monoisotopic (exact) mass is 376 g/mol. The Hall–Kier alpha value is -2.94. The summed E-state index contributed by atoms with van der Waals surface area (Å²) < 4.78 is 16.6. The van der Waals surface area contributed by atoms with E-state index in [1.165, 1.54) is 12.8 Å². The Kier molecular flexibility index (Phi) is 6.96. The van der Waals surface area contributed by atoms with Crippen molar-refractivity contribution in [3.63, 3.8) is 0 Å². The van der Waals surface area contributed by atoms with Crippen molar-refractivity contribution in [2.45, 2.75) is 26.2 Å². The second-order valence-corrected chi connectivity index (χ2v) is 6.76. The van der Waals surface area contributed by atoms with Crippen LogP contribution in [0.1, 0.15) is 26.2 Å². The van der Waals surface area contributed by atoms with Crippen LogP contribution in [-0.2, 0) is 0 Å². The van der Waals surface area contributed by atoms with Gasteiger partial charge >= 0.3 is 0 Å². The first-order chi connectivity index (χ1) is 13.7. The van der Waals surface area contributed by atoms with Crippen LogP contribution in [0.4, 0.5) is 0 Å². The maximum Gasteiger partial charge on any atom is 0.120 e. The van der Waals surface area contributed by atoms with Gasteiger partial charge in [-0.3, -0.25) is 0 Å². The van der Waals surface area contributed by atoms with Gasteiger partial charge in [-0.2, -0.15) is 0 Å². The van der Waals surface area contributed by atoms with Crippen LogP contribution in [-0.4, -0.2) is 20.8 Å². The van der Waals surface area contributed by atoms with Gasteiger partial charge in [0, 0.05) is 0 Å². The maximum atomic E-state index is 6.07. The molecule has 3 rings (SSSR count). The molecule has 0 heterocycles. The Bertz CT molecular complexity index is 802. The third-order valence-electron chi connectivity index (χ3n) is 4.77. The first kappa shape index (κ1) is 19.8. The normalized spacial score (nSPS) is 10.5. The van der Waals surface area contributed by atoms with Crippen molar-refractivity contribution in [2.75, 3.05) is 20.8 Å². The number of methoxy groups -OCH3 is 2. The van der Waals surface area contributed by atoms with Gasteiger partial charge in [-0.1, -0.05) is 44.0 Å². The van der Waals surface area contributed by atoms with E-state index in [-0.39, 0.29) is 0 Å². The highest BCUT2D eigenvalue weighted by Crippen LogP contribution is 2.33. The summed E-state index contributed by atoms with van der Waals surface area (Å²) in [5, 5.41) is 0. The SMILES string of the molecule is CCCCCOc1cc(-c2ccc(OC)cc2)cc(-c2ccc(OC)cc2)c1. The Balaban J connectivity index is 1.94. The van der Waals surface area contributed by atoms with Crippen LogP contribution in [0.2, 0.25) is 0 Å². The number of rotatable bonds is 9. The highest BCUT2D eigenvalue weighted by molar-refractivity contribution is 5.75. The molecule has 0 atom stereocenters. The minimum absolute atomic E-state index is 0.738. The lowest BCUT2D eigenvalue weighted by Crippen LogP contribution is -1.97. The fourth-order valence-electron chi connectivity index (χ4n) is 3.12.